The minimum absolute atomic E-state index is 0.112. The van der Waals surface area contributed by atoms with Gasteiger partial charge in [-0.25, -0.2) is 0 Å². The number of hydrogen-bond acceptors (Lipinski definition) is 3. The van der Waals surface area contributed by atoms with E-state index in [1.54, 1.807) is 6.92 Å². The van der Waals surface area contributed by atoms with Crippen LogP contribution in [0.1, 0.15) is 26.2 Å². The van der Waals surface area contributed by atoms with Crippen molar-refractivity contribution in [1.82, 2.24) is 10.6 Å². The number of aliphatic hydroxyl groups is 1. The summed E-state index contributed by atoms with van der Waals surface area (Å²) in [6.45, 7) is 2.91. The Bertz CT molecular complexity index is 167. The fourth-order valence-electron chi connectivity index (χ4n) is 1.04. The standard InChI is InChI=1S/C9H18N2O2/c1-7(12)6-10-5-4-9(13)11-8-2-3-8/h7-8,10,12H,2-6H2,1H3,(H,11,13). The van der Waals surface area contributed by atoms with Crippen LogP contribution in [0.2, 0.25) is 0 Å². The SMILES string of the molecule is CC(O)CNCCC(=O)NC1CC1. The lowest BCUT2D eigenvalue weighted by Crippen LogP contribution is -2.31. The van der Waals surface area contributed by atoms with E-state index in [0.29, 0.717) is 25.6 Å². The zero-order valence-corrected chi connectivity index (χ0v) is 8.05. The van der Waals surface area contributed by atoms with Gasteiger partial charge in [0.1, 0.15) is 0 Å². The molecule has 0 aromatic carbocycles. The third-order valence-electron chi connectivity index (χ3n) is 1.91. The molecule has 13 heavy (non-hydrogen) atoms. The third kappa shape index (κ3) is 5.60. The van der Waals surface area contributed by atoms with Gasteiger partial charge in [-0.15, -0.1) is 0 Å². The number of carbonyl (C=O) groups excluding carboxylic acids is 1. The van der Waals surface area contributed by atoms with Crippen LogP contribution in [0.3, 0.4) is 0 Å². The topological polar surface area (TPSA) is 61.4 Å². The summed E-state index contributed by atoms with van der Waals surface area (Å²) in [5.74, 6) is 0.112. The highest BCUT2D eigenvalue weighted by Crippen LogP contribution is 2.18. The lowest BCUT2D eigenvalue weighted by molar-refractivity contribution is -0.121. The van der Waals surface area contributed by atoms with Gasteiger partial charge in [0.15, 0.2) is 0 Å². The molecule has 0 aliphatic heterocycles. The van der Waals surface area contributed by atoms with Crippen LogP contribution in [-0.2, 0) is 4.79 Å². The number of carbonyl (C=O) groups is 1. The molecular formula is C9H18N2O2. The summed E-state index contributed by atoms with van der Waals surface area (Å²) in [5, 5.41) is 14.8. The van der Waals surface area contributed by atoms with E-state index in [9.17, 15) is 4.79 Å². The van der Waals surface area contributed by atoms with Crippen molar-refractivity contribution in [1.29, 1.82) is 0 Å². The second-order valence-corrected chi connectivity index (χ2v) is 3.64. The maximum absolute atomic E-state index is 11.1. The van der Waals surface area contributed by atoms with Crippen molar-refractivity contribution >= 4 is 5.91 Å². The fraction of sp³-hybridized carbons (Fsp3) is 0.889. The van der Waals surface area contributed by atoms with Crippen LogP contribution in [0.25, 0.3) is 0 Å². The Morgan fingerprint density at radius 2 is 2.31 bits per heavy atom. The monoisotopic (exact) mass is 186 g/mol. The Balaban J connectivity index is 1.89. The minimum Gasteiger partial charge on any atom is -0.392 e. The second-order valence-electron chi connectivity index (χ2n) is 3.64. The van der Waals surface area contributed by atoms with E-state index in [0.717, 1.165) is 12.8 Å². The summed E-state index contributed by atoms with van der Waals surface area (Å²) in [4.78, 5) is 11.1. The second kappa shape index (κ2) is 5.19. The molecule has 0 radical (unpaired) electrons. The molecule has 1 atom stereocenters. The molecule has 4 nitrogen and oxygen atoms in total. The molecular weight excluding hydrogens is 168 g/mol. The molecule has 0 bridgehead atoms. The largest absolute Gasteiger partial charge is 0.392 e. The van der Waals surface area contributed by atoms with Crippen molar-refractivity contribution in [3.63, 3.8) is 0 Å². The van der Waals surface area contributed by atoms with Crippen LogP contribution >= 0.6 is 0 Å². The molecule has 1 aliphatic rings. The van der Waals surface area contributed by atoms with Crippen LogP contribution in [0, 0.1) is 0 Å². The van der Waals surface area contributed by atoms with Crippen molar-refractivity contribution < 1.29 is 9.90 Å². The van der Waals surface area contributed by atoms with Crippen LogP contribution in [0.15, 0.2) is 0 Å². The van der Waals surface area contributed by atoms with Crippen molar-refractivity contribution in [2.24, 2.45) is 0 Å². The number of rotatable bonds is 6. The Morgan fingerprint density at radius 1 is 1.62 bits per heavy atom. The van der Waals surface area contributed by atoms with Gasteiger partial charge < -0.3 is 15.7 Å². The average molecular weight is 186 g/mol. The molecule has 0 aromatic rings. The normalized spacial score (nSPS) is 18.3. The van der Waals surface area contributed by atoms with Crippen LogP contribution in [-0.4, -0.2) is 36.2 Å². The van der Waals surface area contributed by atoms with Crippen molar-refractivity contribution in [2.75, 3.05) is 13.1 Å². The zero-order chi connectivity index (χ0) is 9.68. The number of nitrogens with one attached hydrogen (secondary N) is 2. The zero-order valence-electron chi connectivity index (χ0n) is 8.05. The summed E-state index contributed by atoms with van der Waals surface area (Å²) in [6.07, 6.45) is 2.43. The molecule has 0 heterocycles. The maximum Gasteiger partial charge on any atom is 0.221 e. The van der Waals surface area contributed by atoms with Gasteiger partial charge in [0, 0.05) is 25.6 Å². The highest BCUT2D eigenvalue weighted by molar-refractivity contribution is 5.76. The lowest BCUT2D eigenvalue weighted by atomic mass is 10.3. The van der Waals surface area contributed by atoms with Crippen molar-refractivity contribution in [2.45, 2.75) is 38.3 Å². The molecule has 0 aromatic heterocycles. The van der Waals surface area contributed by atoms with Crippen LogP contribution in [0.4, 0.5) is 0 Å². The molecule has 76 valence electrons. The molecule has 1 saturated carbocycles. The molecule has 0 saturated heterocycles. The van der Waals surface area contributed by atoms with Gasteiger partial charge in [0.25, 0.3) is 0 Å². The summed E-state index contributed by atoms with van der Waals surface area (Å²) in [6, 6.07) is 0.448. The van der Waals surface area contributed by atoms with Crippen molar-refractivity contribution in [3.8, 4) is 0 Å². The number of hydrogen-bond donors (Lipinski definition) is 3. The Kier molecular flexibility index (Phi) is 4.18. The van der Waals surface area contributed by atoms with E-state index < -0.39 is 0 Å². The molecule has 1 unspecified atom stereocenters. The third-order valence-corrected chi connectivity index (χ3v) is 1.91. The molecule has 1 amide bonds. The highest BCUT2D eigenvalue weighted by atomic mass is 16.3. The van der Waals surface area contributed by atoms with E-state index in [2.05, 4.69) is 10.6 Å². The summed E-state index contributed by atoms with van der Waals surface area (Å²) in [7, 11) is 0. The smallest absolute Gasteiger partial charge is 0.221 e. The van der Waals surface area contributed by atoms with Crippen LogP contribution < -0.4 is 10.6 Å². The molecule has 1 rings (SSSR count). The van der Waals surface area contributed by atoms with E-state index >= 15 is 0 Å². The molecule has 1 fully saturated rings. The fourth-order valence-corrected chi connectivity index (χ4v) is 1.04. The van der Waals surface area contributed by atoms with Gasteiger partial charge in [-0.2, -0.15) is 0 Å². The Hall–Kier alpha value is -0.610. The molecule has 0 spiro atoms. The summed E-state index contributed by atoms with van der Waals surface area (Å²) < 4.78 is 0. The first kappa shape index (κ1) is 10.5. The van der Waals surface area contributed by atoms with E-state index in [4.69, 9.17) is 5.11 Å². The first-order chi connectivity index (χ1) is 6.18. The van der Waals surface area contributed by atoms with Crippen LogP contribution in [0.5, 0.6) is 0 Å². The minimum atomic E-state index is -0.341. The molecule has 3 N–H and O–H groups in total. The Labute approximate surface area is 78.7 Å². The van der Waals surface area contributed by atoms with E-state index in [1.165, 1.54) is 0 Å². The summed E-state index contributed by atoms with van der Waals surface area (Å²) in [5.41, 5.74) is 0. The van der Waals surface area contributed by atoms with Gasteiger partial charge >= 0.3 is 0 Å². The van der Waals surface area contributed by atoms with E-state index in [1.807, 2.05) is 0 Å². The molecule has 1 aliphatic carbocycles. The summed E-state index contributed by atoms with van der Waals surface area (Å²) >= 11 is 0. The lowest BCUT2D eigenvalue weighted by Gasteiger charge is -2.06. The predicted molar refractivity (Wildman–Crippen MR) is 50.3 cm³/mol. The van der Waals surface area contributed by atoms with Crippen molar-refractivity contribution in [3.05, 3.63) is 0 Å². The number of amides is 1. The van der Waals surface area contributed by atoms with Gasteiger partial charge in [-0.3, -0.25) is 4.79 Å². The van der Waals surface area contributed by atoms with Gasteiger partial charge in [-0.05, 0) is 19.8 Å². The van der Waals surface area contributed by atoms with Gasteiger partial charge in [-0.1, -0.05) is 0 Å². The number of aliphatic hydroxyl groups excluding tert-OH is 1. The van der Waals surface area contributed by atoms with Gasteiger partial charge in [0.05, 0.1) is 6.10 Å². The maximum atomic E-state index is 11.1. The van der Waals surface area contributed by atoms with E-state index in [-0.39, 0.29) is 12.0 Å². The highest BCUT2D eigenvalue weighted by Gasteiger charge is 2.22. The first-order valence-corrected chi connectivity index (χ1v) is 4.86. The molecule has 4 heteroatoms. The quantitative estimate of drug-likeness (QED) is 0.496. The van der Waals surface area contributed by atoms with Gasteiger partial charge in [0.2, 0.25) is 5.91 Å². The average Bonchev–Trinajstić information content (AvgIpc) is 2.81. The Morgan fingerprint density at radius 3 is 2.85 bits per heavy atom. The predicted octanol–water partition coefficient (Wildman–Crippen LogP) is -0.374. The first-order valence-electron chi connectivity index (χ1n) is 4.86.